The van der Waals surface area contributed by atoms with Gasteiger partial charge in [0, 0.05) is 30.0 Å². The Bertz CT molecular complexity index is 833. The third-order valence-corrected chi connectivity index (χ3v) is 5.68. The molecule has 0 saturated heterocycles. The van der Waals surface area contributed by atoms with E-state index in [1.165, 1.54) is 11.3 Å². The van der Waals surface area contributed by atoms with E-state index in [9.17, 15) is 10.2 Å². The van der Waals surface area contributed by atoms with Gasteiger partial charge in [0.25, 0.3) is 0 Å². The molecule has 0 radical (unpaired) electrons. The zero-order valence-electron chi connectivity index (χ0n) is 14.2. The van der Waals surface area contributed by atoms with Gasteiger partial charge in [0.1, 0.15) is 11.7 Å². The molecule has 0 saturated carbocycles. The SMILES string of the molecule is COc1cc2c(cc1O)C1Cc3cc(O)c(OC)cc3[N+]1(C)CC2. The van der Waals surface area contributed by atoms with Crippen molar-refractivity contribution < 1.29 is 19.7 Å². The standard InChI is InChI=1S/C19H21NO4/c1-20-5-4-11-8-18(23-2)17(22)9-13(11)15(20)6-12-7-16(21)19(24-3)10-14(12)20/h7-10,15H,4-6H2,1-3H3,(H-,21,22)/p+1. The van der Waals surface area contributed by atoms with Crippen molar-refractivity contribution in [2.75, 3.05) is 27.8 Å². The largest absolute Gasteiger partial charge is 0.504 e. The first-order valence-corrected chi connectivity index (χ1v) is 8.13. The van der Waals surface area contributed by atoms with Gasteiger partial charge in [-0.05, 0) is 23.8 Å². The molecule has 5 heteroatoms. The van der Waals surface area contributed by atoms with Gasteiger partial charge in [0.2, 0.25) is 0 Å². The Balaban J connectivity index is 1.85. The Morgan fingerprint density at radius 1 is 0.958 bits per heavy atom. The van der Waals surface area contributed by atoms with Gasteiger partial charge >= 0.3 is 0 Å². The van der Waals surface area contributed by atoms with Gasteiger partial charge in [-0.25, -0.2) is 0 Å². The molecule has 2 aromatic carbocycles. The molecule has 2 heterocycles. The number of benzene rings is 2. The van der Waals surface area contributed by atoms with Gasteiger partial charge < -0.3 is 19.7 Å². The molecule has 2 aliphatic rings. The molecule has 2 unspecified atom stereocenters. The number of aromatic hydroxyl groups is 2. The fraction of sp³-hybridized carbons (Fsp3) is 0.368. The summed E-state index contributed by atoms with van der Waals surface area (Å²) in [7, 11) is 5.37. The van der Waals surface area contributed by atoms with Gasteiger partial charge in [-0.3, -0.25) is 4.48 Å². The lowest BCUT2D eigenvalue weighted by atomic mass is 9.90. The summed E-state index contributed by atoms with van der Waals surface area (Å²) >= 11 is 0. The highest BCUT2D eigenvalue weighted by molar-refractivity contribution is 5.65. The van der Waals surface area contributed by atoms with E-state index in [4.69, 9.17) is 9.47 Å². The summed E-state index contributed by atoms with van der Waals surface area (Å²) in [4.78, 5) is 0. The number of hydrogen-bond acceptors (Lipinski definition) is 4. The smallest absolute Gasteiger partial charge is 0.166 e. The van der Waals surface area contributed by atoms with Crippen molar-refractivity contribution in [3.8, 4) is 23.0 Å². The lowest BCUT2D eigenvalue weighted by Crippen LogP contribution is -2.50. The van der Waals surface area contributed by atoms with Crippen molar-refractivity contribution in [1.82, 2.24) is 4.48 Å². The summed E-state index contributed by atoms with van der Waals surface area (Å²) in [6.45, 7) is 0.965. The lowest BCUT2D eigenvalue weighted by Gasteiger charge is -2.41. The Hall–Kier alpha value is -2.40. The van der Waals surface area contributed by atoms with Crippen LogP contribution in [0.4, 0.5) is 5.69 Å². The van der Waals surface area contributed by atoms with Gasteiger partial charge in [-0.2, -0.15) is 0 Å². The van der Waals surface area contributed by atoms with Crippen molar-refractivity contribution >= 4 is 5.69 Å². The van der Waals surface area contributed by atoms with Gasteiger partial charge in [0.15, 0.2) is 23.0 Å². The number of quaternary nitrogens is 1. The minimum atomic E-state index is 0.181. The number of methoxy groups -OCH3 is 2. The molecule has 0 aromatic heterocycles. The van der Waals surface area contributed by atoms with Crippen LogP contribution in [-0.4, -0.2) is 38.0 Å². The van der Waals surface area contributed by atoms with E-state index < -0.39 is 0 Å². The van der Waals surface area contributed by atoms with Gasteiger partial charge in [-0.1, -0.05) is 0 Å². The molecule has 0 bridgehead atoms. The van der Waals surface area contributed by atoms with Crippen molar-refractivity contribution in [1.29, 1.82) is 0 Å². The predicted octanol–water partition coefficient (Wildman–Crippen LogP) is 2.91. The van der Waals surface area contributed by atoms with Gasteiger partial charge in [0.05, 0.1) is 27.8 Å². The van der Waals surface area contributed by atoms with E-state index in [0.29, 0.717) is 11.5 Å². The van der Waals surface area contributed by atoms with Gasteiger partial charge in [-0.15, -0.1) is 0 Å². The Kier molecular flexibility index (Phi) is 3.18. The monoisotopic (exact) mass is 328 g/mol. The fourth-order valence-corrected chi connectivity index (χ4v) is 4.34. The summed E-state index contributed by atoms with van der Waals surface area (Å²) in [5.41, 5.74) is 4.73. The maximum Gasteiger partial charge on any atom is 0.166 e. The van der Waals surface area contributed by atoms with Crippen LogP contribution in [0.5, 0.6) is 23.0 Å². The summed E-state index contributed by atoms with van der Waals surface area (Å²) < 4.78 is 11.3. The maximum absolute atomic E-state index is 10.2. The molecular formula is C19H22NO4+. The molecule has 2 aliphatic heterocycles. The average molecular weight is 328 g/mol. The molecule has 5 nitrogen and oxygen atoms in total. The van der Waals surface area contributed by atoms with Crippen molar-refractivity contribution in [2.24, 2.45) is 0 Å². The number of nitrogens with zero attached hydrogens (tertiary/aromatic N) is 1. The van der Waals surface area contributed by atoms with Crippen molar-refractivity contribution in [3.63, 3.8) is 0 Å². The van der Waals surface area contributed by atoms with E-state index in [0.717, 1.165) is 35.0 Å². The number of hydrogen-bond donors (Lipinski definition) is 2. The molecule has 2 aromatic rings. The Labute approximate surface area is 141 Å². The van der Waals surface area contributed by atoms with Crippen LogP contribution < -0.4 is 14.0 Å². The number of fused-ring (bicyclic) bond motifs is 5. The van der Waals surface area contributed by atoms with E-state index in [1.54, 1.807) is 14.2 Å². The van der Waals surface area contributed by atoms with E-state index >= 15 is 0 Å². The fourth-order valence-electron chi connectivity index (χ4n) is 4.34. The number of phenolic OH excluding ortho intramolecular Hbond substituents is 2. The minimum Gasteiger partial charge on any atom is -0.504 e. The average Bonchev–Trinajstić information content (AvgIpc) is 2.85. The Morgan fingerprint density at radius 3 is 2.33 bits per heavy atom. The van der Waals surface area contributed by atoms with Crippen LogP contribution in [0.3, 0.4) is 0 Å². The summed E-state index contributed by atoms with van der Waals surface area (Å²) in [6.07, 6.45) is 1.75. The first kappa shape index (κ1) is 15.1. The third kappa shape index (κ3) is 1.91. The van der Waals surface area contributed by atoms with Crippen LogP contribution >= 0.6 is 0 Å². The topological polar surface area (TPSA) is 58.9 Å². The Morgan fingerprint density at radius 2 is 1.62 bits per heavy atom. The zero-order chi connectivity index (χ0) is 17.1. The molecule has 0 spiro atoms. The highest BCUT2D eigenvalue weighted by Gasteiger charge is 2.48. The minimum absolute atomic E-state index is 0.181. The van der Waals surface area contributed by atoms with E-state index in [-0.39, 0.29) is 17.5 Å². The summed E-state index contributed by atoms with van der Waals surface area (Å²) in [5, 5.41) is 20.3. The third-order valence-electron chi connectivity index (χ3n) is 5.68. The van der Waals surface area contributed by atoms with Crippen molar-refractivity contribution in [3.05, 3.63) is 41.0 Å². The molecule has 24 heavy (non-hydrogen) atoms. The maximum atomic E-state index is 10.2. The first-order chi connectivity index (χ1) is 11.5. The number of likely N-dealkylation sites (N-methyl/N-ethyl adjacent to an activating group) is 1. The first-order valence-electron chi connectivity index (χ1n) is 8.13. The van der Waals surface area contributed by atoms with Crippen LogP contribution in [0, 0.1) is 0 Å². The molecule has 0 fully saturated rings. The summed E-state index contributed by atoms with van der Waals surface area (Å²) in [5.74, 6) is 1.40. The second-order valence-corrected chi connectivity index (χ2v) is 6.84. The second-order valence-electron chi connectivity index (χ2n) is 6.84. The molecule has 0 aliphatic carbocycles. The van der Waals surface area contributed by atoms with Crippen LogP contribution in [-0.2, 0) is 12.8 Å². The molecule has 126 valence electrons. The highest BCUT2D eigenvalue weighted by Crippen LogP contribution is 2.52. The predicted molar refractivity (Wildman–Crippen MR) is 92.1 cm³/mol. The normalized spacial score (nSPS) is 24.0. The van der Waals surface area contributed by atoms with Crippen LogP contribution in [0.1, 0.15) is 22.7 Å². The molecule has 2 N–H and O–H groups in total. The second kappa shape index (κ2) is 5.05. The number of phenols is 2. The lowest BCUT2D eigenvalue weighted by molar-refractivity contribution is 0.251. The molecule has 4 rings (SSSR count). The zero-order valence-corrected chi connectivity index (χ0v) is 14.2. The molecule has 0 amide bonds. The van der Waals surface area contributed by atoms with E-state index in [1.807, 2.05) is 24.3 Å². The van der Waals surface area contributed by atoms with Crippen LogP contribution in [0.25, 0.3) is 0 Å². The molecular weight excluding hydrogens is 306 g/mol. The quantitative estimate of drug-likeness (QED) is 0.832. The van der Waals surface area contributed by atoms with Crippen LogP contribution in [0.15, 0.2) is 24.3 Å². The number of rotatable bonds is 2. The van der Waals surface area contributed by atoms with E-state index in [2.05, 4.69) is 7.05 Å². The van der Waals surface area contributed by atoms with Crippen molar-refractivity contribution in [2.45, 2.75) is 18.9 Å². The summed E-state index contributed by atoms with van der Waals surface area (Å²) in [6, 6.07) is 7.80. The highest BCUT2D eigenvalue weighted by atomic mass is 16.5. The molecule has 2 atom stereocenters. The number of ether oxygens (including phenoxy) is 2. The van der Waals surface area contributed by atoms with Crippen LogP contribution in [0.2, 0.25) is 0 Å².